The molecule has 1 heterocycles. The Morgan fingerprint density at radius 1 is 1.38 bits per heavy atom. The van der Waals surface area contributed by atoms with Gasteiger partial charge in [0.05, 0.1) is 5.92 Å². The van der Waals surface area contributed by atoms with Crippen LogP contribution in [0.1, 0.15) is 39.1 Å². The molecule has 1 rings (SSSR count). The van der Waals surface area contributed by atoms with Gasteiger partial charge in [0, 0.05) is 18.5 Å². The molecule has 16 heavy (non-hydrogen) atoms. The summed E-state index contributed by atoms with van der Waals surface area (Å²) in [7, 11) is 0. The van der Waals surface area contributed by atoms with Crippen LogP contribution in [0.2, 0.25) is 0 Å². The number of rotatable bonds is 1. The fourth-order valence-electron chi connectivity index (χ4n) is 1.14. The number of ether oxygens (including phenoxy) is 1. The van der Waals surface area contributed by atoms with E-state index >= 15 is 0 Å². The number of amides is 1. The molecule has 0 radical (unpaired) electrons. The molecule has 0 saturated carbocycles. The third-order valence-electron chi connectivity index (χ3n) is 1.92. The first-order chi connectivity index (χ1) is 8.76. The molecule has 0 atom stereocenters. The molecule has 5 nitrogen and oxygen atoms in total. The fraction of sp³-hybridized carbons (Fsp3) is 0.818. The standard InChI is InChI=1S/C11H19NO4/c1-11(2,3)16-10(15)12-6-4-8(5-7-12)9(13)14/h8H,4-7H2,1-3H3,(H,13,14)/i6D2,7D2. The molecule has 0 unspecified atom stereocenters. The Morgan fingerprint density at radius 3 is 2.25 bits per heavy atom. The molecule has 1 saturated heterocycles. The largest absolute Gasteiger partial charge is 0.481 e. The number of carboxylic acids is 1. The third kappa shape index (κ3) is 3.72. The molecule has 0 aromatic carbocycles. The predicted octanol–water partition coefficient (Wildman–Crippen LogP) is 1.72. The second-order valence-electron chi connectivity index (χ2n) is 4.58. The second-order valence-corrected chi connectivity index (χ2v) is 4.58. The summed E-state index contributed by atoms with van der Waals surface area (Å²) in [4.78, 5) is 23.3. The van der Waals surface area contributed by atoms with E-state index in [0.29, 0.717) is 4.90 Å². The lowest BCUT2D eigenvalue weighted by Crippen LogP contribution is -2.42. The first kappa shape index (κ1) is 7.92. The molecule has 0 aromatic heterocycles. The lowest BCUT2D eigenvalue weighted by atomic mass is 9.97. The van der Waals surface area contributed by atoms with E-state index in [1.165, 1.54) is 0 Å². The average molecular weight is 233 g/mol. The monoisotopic (exact) mass is 233 g/mol. The fourth-order valence-corrected chi connectivity index (χ4v) is 1.14. The van der Waals surface area contributed by atoms with Crippen LogP contribution in [-0.2, 0) is 9.53 Å². The Labute approximate surface area is 101 Å². The zero-order valence-electron chi connectivity index (χ0n) is 13.6. The number of carboxylic acid groups (broad SMARTS) is 1. The number of nitrogens with zero attached hydrogens (tertiary/aromatic N) is 1. The molecule has 1 aliphatic heterocycles. The van der Waals surface area contributed by atoms with Gasteiger partial charge in [-0.05, 0) is 33.6 Å². The minimum absolute atomic E-state index is 0.366. The number of aliphatic carboxylic acids is 1. The SMILES string of the molecule is [2H]C1([2H])CC(C(=O)O)CC([2H])([2H])N1C(=O)OC(C)(C)C. The maximum Gasteiger partial charge on any atom is 0.410 e. The number of piperidine rings is 1. The van der Waals surface area contributed by atoms with Gasteiger partial charge in [-0.3, -0.25) is 4.79 Å². The van der Waals surface area contributed by atoms with Gasteiger partial charge in [-0.15, -0.1) is 0 Å². The van der Waals surface area contributed by atoms with Gasteiger partial charge >= 0.3 is 12.1 Å². The van der Waals surface area contributed by atoms with E-state index in [9.17, 15) is 9.59 Å². The zero-order chi connectivity index (χ0) is 15.9. The summed E-state index contributed by atoms with van der Waals surface area (Å²) in [6.45, 7) is -0.0968. The average Bonchev–Trinajstić information content (AvgIpc) is 2.09. The number of likely N-dealkylation sites (tertiary alicyclic amines) is 1. The van der Waals surface area contributed by atoms with E-state index in [4.69, 9.17) is 15.3 Å². The van der Waals surface area contributed by atoms with E-state index in [0.717, 1.165) is 0 Å². The Hall–Kier alpha value is -1.26. The lowest BCUT2D eigenvalue weighted by molar-refractivity contribution is -0.143. The van der Waals surface area contributed by atoms with Gasteiger partial charge in [0.15, 0.2) is 0 Å². The van der Waals surface area contributed by atoms with Crippen molar-refractivity contribution in [3.05, 3.63) is 0 Å². The molecule has 1 aliphatic rings. The van der Waals surface area contributed by atoms with E-state index < -0.39 is 49.4 Å². The van der Waals surface area contributed by atoms with Gasteiger partial charge in [-0.25, -0.2) is 4.79 Å². The second kappa shape index (κ2) is 4.72. The highest BCUT2D eigenvalue weighted by Gasteiger charge is 2.29. The topological polar surface area (TPSA) is 66.8 Å². The van der Waals surface area contributed by atoms with Crippen LogP contribution in [0.3, 0.4) is 0 Å². The van der Waals surface area contributed by atoms with E-state index in [2.05, 4.69) is 0 Å². The van der Waals surface area contributed by atoms with Crippen molar-refractivity contribution in [3.8, 4) is 0 Å². The molecule has 0 aromatic rings. The Morgan fingerprint density at radius 2 is 1.88 bits per heavy atom. The van der Waals surface area contributed by atoms with Crippen molar-refractivity contribution < 1.29 is 24.9 Å². The van der Waals surface area contributed by atoms with Crippen LogP contribution in [0.5, 0.6) is 0 Å². The van der Waals surface area contributed by atoms with E-state index in [1.54, 1.807) is 20.8 Å². The first-order valence-electron chi connectivity index (χ1n) is 7.02. The number of carbonyl (C=O) groups excluding carboxylic acids is 1. The quantitative estimate of drug-likeness (QED) is 0.748. The van der Waals surface area contributed by atoms with Crippen molar-refractivity contribution >= 4 is 12.1 Å². The number of hydrogen-bond donors (Lipinski definition) is 1. The Bertz CT molecular complexity index is 401. The number of hydrogen-bond acceptors (Lipinski definition) is 3. The molecule has 0 bridgehead atoms. The van der Waals surface area contributed by atoms with Crippen LogP contribution in [0.25, 0.3) is 0 Å². The van der Waals surface area contributed by atoms with Crippen LogP contribution in [0.15, 0.2) is 0 Å². The summed E-state index contributed by atoms with van der Waals surface area (Å²) in [6, 6.07) is 0. The molecule has 0 aliphatic carbocycles. The summed E-state index contributed by atoms with van der Waals surface area (Å²) < 4.78 is 36.2. The van der Waals surface area contributed by atoms with Crippen molar-refractivity contribution in [2.24, 2.45) is 5.92 Å². The summed E-state index contributed by atoms with van der Waals surface area (Å²) in [6.07, 6.45) is -2.07. The Kier molecular flexibility index (Phi) is 2.34. The number of carbonyl (C=O) groups is 2. The maximum absolute atomic E-state index is 12.0. The zero-order valence-corrected chi connectivity index (χ0v) is 9.61. The highest BCUT2D eigenvalue weighted by Crippen LogP contribution is 2.19. The van der Waals surface area contributed by atoms with Crippen molar-refractivity contribution in [1.29, 1.82) is 0 Å². The molecular formula is C11H19NO4. The third-order valence-corrected chi connectivity index (χ3v) is 1.92. The van der Waals surface area contributed by atoms with Gasteiger partial charge in [0.1, 0.15) is 5.60 Å². The maximum atomic E-state index is 12.0. The van der Waals surface area contributed by atoms with E-state index in [-0.39, 0.29) is 0 Å². The molecule has 92 valence electrons. The molecule has 1 amide bonds. The summed E-state index contributed by atoms with van der Waals surface area (Å²) >= 11 is 0. The van der Waals surface area contributed by atoms with Gasteiger partial charge in [0.25, 0.3) is 0 Å². The lowest BCUT2D eigenvalue weighted by Gasteiger charge is -2.32. The van der Waals surface area contributed by atoms with Crippen molar-refractivity contribution in [2.45, 2.75) is 39.2 Å². The van der Waals surface area contributed by atoms with Gasteiger partial charge in [-0.2, -0.15) is 0 Å². The summed E-state index contributed by atoms with van der Waals surface area (Å²) in [5, 5.41) is 8.95. The highest BCUT2D eigenvalue weighted by atomic mass is 16.6. The minimum Gasteiger partial charge on any atom is -0.481 e. The first-order valence-corrected chi connectivity index (χ1v) is 5.02. The molecule has 1 fully saturated rings. The van der Waals surface area contributed by atoms with Crippen LogP contribution in [0, 0.1) is 5.92 Å². The molecule has 5 heteroatoms. The smallest absolute Gasteiger partial charge is 0.410 e. The van der Waals surface area contributed by atoms with Crippen LogP contribution >= 0.6 is 0 Å². The highest BCUT2D eigenvalue weighted by molar-refractivity contribution is 5.71. The van der Waals surface area contributed by atoms with Crippen molar-refractivity contribution in [2.75, 3.05) is 13.0 Å². The normalized spacial score (nSPS) is 28.3. The molecular weight excluding hydrogens is 210 g/mol. The van der Waals surface area contributed by atoms with Crippen LogP contribution in [0.4, 0.5) is 4.79 Å². The molecule has 1 N–H and O–H groups in total. The van der Waals surface area contributed by atoms with Gasteiger partial charge in [-0.1, -0.05) is 0 Å². The Balaban J connectivity index is 3.06. The van der Waals surface area contributed by atoms with Gasteiger partial charge < -0.3 is 14.7 Å². The molecule has 0 spiro atoms. The van der Waals surface area contributed by atoms with Crippen LogP contribution < -0.4 is 0 Å². The summed E-state index contributed by atoms with van der Waals surface area (Å²) in [5.41, 5.74) is -0.896. The van der Waals surface area contributed by atoms with E-state index in [1.807, 2.05) is 0 Å². The van der Waals surface area contributed by atoms with Gasteiger partial charge in [0.2, 0.25) is 0 Å². The van der Waals surface area contributed by atoms with Crippen LogP contribution in [-0.4, -0.2) is 40.7 Å². The minimum atomic E-state index is -2.42. The summed E-state index contributed by atoms with van der Waals surface area (Å²) in [5.74, 6) is -2.46. The van der Waals surface area contributed by atoms with Crippen molar-refractivity contribution in [3.63, 3.8) is 0 Å². The predicted molar refractivity (Wildman–Crippen MR) is 58.2 cm³/mol. The van der Waals surface area contributed by atoms with Crippen molar-refractivity contribution in [1.82, 2.24) is 4.90 Å².